The fourth-order valence-corrected chi connectivity index (χ4v) is 3.22. The van der Waals surface area contributed by atoms with Crippen molar-refractivity contribution in [3.63, 3.8) is 0 Å². The van der Waals surface area contributed by atoms with E-state index in [9.17, 15) is 4.79 Å². The summed E-state index contributed by atoms with van der Waals surface area (Å²) in [6.07, 6.45) is 0.111. The Balaban J connectivity index is 1.69. The maximum absolute atomic E-state index is 12.3. The van der Waals surface area contributed by atoms with Crippen LogP contribution in [0, 0.1) is 0 Å². The summed E-state index contributed by atoms with van der Waals surface area (Å²) in [5.74, 6) is 3.06. The molecule has 0 saturated carbocycles. The molecule has 1 atom stereocenters. The van der Waals surface area contributed by atoms with Crippen molar-refractivity contribution in [2.45, 2.75) is 25.2 Å². The summed E-state index contributed by atoms with van der Waals surface area (Å²) in [5, 5.41) is 3.69. The Morgan fingerprint density at radius 1 is 1.12 bits per heavy atom. The van der Waals surface area contributed by atoms with E-state index in [0.29, 0.717) is 18.7 Å². The third kappa shape index (κ3) is 6.81. The van der Waals surface area contributed by atoms with E-state index >= 15 is 0 Å². The maximum Gasteiger partial charge on any atom is 0.261 e. The van der Waals surface area contributed by atoms with Crippen LogP contribution in [0.1, 0.15) is 18.9 Å². The number of halogens is 1. The number of thioether (sulfide) groups is 1. The minimum atomic E-state index is -0.496. The number of rotatable bonds is 10. The third-order valence-electron chi connectivity index (χ3n) is 3.73. The van der Waals surface area contributed by atoms with Crippen LogP contribution in [-0.2, 0) is 10.5 Å². The second kappa shape index (κ2) is 11.0. The van der Waals surface area contributed by atoms with Gasteiger partial charge in [0.25, 0.3) is 5.91 Å². The second-order valence-electron chi connectivity index (χ2n) is 5.66. The predicted molar refractivity (Wildman–Crippen MR) is 108 cm³/mol. The number of hydrogen-bond donors (Lipinski definition) is 1. The molecule has 0 spiro atoms. The largest absolute Gasteiger partial charge is 0.497 e. The van der Waals surface area contributed by atoms with E-state index in [0.717, 1.165) is 22.3 Å². The Morgan fingerprint density at radius 3 is 2.38 bits per heavy atom. The first-order valence-electron chi connectivity index (χ1n) is 8.53. The van der Waals surface area contributed by atoms with Crippen LogP contribution >= 0.6 is 23.4 Å². The highest BCUT2D eigenvalue weighted by atomic mass is 35.5. The molecule has 0 aliphatic heterocycles. The topological polar surface area (TPSA) is 47.6 Å². The van der Waals surface area contributed by atoms with Crippen LogP contribution < -0.4 is 14.8 Å². The Bertz CT molecular complexity index is 676. The van der Waals surface area contributed by atoms with Gasteiger partial charge in [0.05, 0.1) is 7.11 Å². The number of benzene rings is 2. The molecule has 0 aromatic heterocycles. The molecular weight excluding hydrogens is 370 g/mol. The van der Waals surface area contributed by atoms with Gasteiger partial charge in [0.2, 0.25) is 0 Å². The lowest BCUT2D eigenvalue weighted by atomic mass is 10.2. The molecule has 0 aliphatic rings. The highest BCUT2D eigenvalue weighted by Crippen LogP contribution is 2.19. The maximum atomic E-state index is 12.3. The van der Waals surface area contributed by atoms with Gasteiger partial charge in [0.1, 0.15) is 11.5 Å². The lowest BCUT2D eigenvalue weighted by Gasteiger charge is -2.17. The van der Waals surface area contributed by atoms with Gasteiger partial charge in [0.15, 0.2) is 6.10 Å². The number of carbonyl (C=O) groups excluding carboxylic acids is 1. The van der Waals surface area contributed by atoms with Crippen LogP contribution in [0.2, 0.25) is 5.02 Å². The molecule has 0 unspecified atom stereocenters. The van der Waals surface area contributed by atoms with Crippen molar-refractivity contribution >= 4 is 29.3 Å². The van der Waals surface area contributed by atoms with Gasteiger partial charge in [-0.1, -0.05) is 30.7 Å². The molecule has 0 bridgehead atoms. The fourth-order valence-electron chi connectivity index (χ4n) is 2.27. The van der Waals surface area contributed by atoms with Crippen LogP contribution in [0.25, 0.3) is 0 Å². The van der Waals surface area contributed by atoms with Gasteiger partial charge in [0, 0.05) is 23.1 Å². The van der Waals surface area contributed by atoms with E-state index in [1.165, 1.54) is 5.56 Å². The fraction of sp³-hybridized carbons (Fsp3) is 0.350. The van der Waals surface area contributed by atoms with Gasteiger partial charge in [-0.2, -0.15) is 11.8 Å². The molecule has 6 heteroatoms. The van der Waals surface area contributed by atoms with Crippen LogP contribution in [0.15, 0.2) is 48.5 Å². The number of ether oxygens (including phenoxy) is 2. The minimum absolute atomic E-state index is 0.0876. The minimum Gasteiger partial charge on any atom is -0.497 e. The average molecular weight is 394 g/mol. The van der Waals surface area contributed by atoms with Crippen LogP contribution in [0.4, 0.5) is 0 Å². The third-order valence-corrected chi connectivity index (χ3v) is 5.01. The first kappa shape index (κ1) is 20.5. The van der Waals surface area contributed by atoms with Crippen molar-refractivity contribution in [2.75, 3.05) is 19.4 Å². The van der Waals surface area contributed by atoms with E-state index < -0.39 is 6.10 Å². The van der Waals surface area contributed by atoms with Crippen LogP contribution in [0.3, 0.4) is 0 Å². The number of carbonyl (C=O) groups is 1. The molecule has 26 heavy (non-hydrogen) atoms. The molecule has 0 saturated heterocycles. The summed E-state index contributed by atoms with van der Waals surface area (Å²) in [4.78, 5) is 12.3. The smallest absolute Gasteiger partial charge is 0.261 e. The van der Waals surface area contributed by atoms with Crippen molar-refractivity contribution in [2.24, 2.45) is 0 Å². The Morgan fingerprint density at radius 2 is 1.77 bits per heavy atom. The van der Waals surface area contributed by atoms with Gasteiger partial charge < -0.3 is 14.8 Å². The monoisotopic (exact) mass is 393 g/mol. The molecular formula is C20H24ClNO3S. The standard InChI is InChI=1S/C20H24ClNO3S/c1-3-19(25-18-10-8-17(24-2)9-11-18)20(23)22-12-13-26-14-15-4-6-16(21)7-5-15/h4-11,19H,3,12-14H2,1-2H3,(H,22,23)/t19-/m1/s1. The number of hydrogen-bond acceptors (Lipinski definition) is 4. The molecule has 1 N–H and O–H groups in total. The molecule has 140 valence electrons. The first-order valence-corrected chi connectivity index (χ1v) is 10.1. The number of methoxy groups -OCH3 is 1. The molecule has 2 rings (SSSR count). The Labute approximate surface area is 164 Å². The molecule has 0 aliphatic carbocycles. The van der Waals surface area contributed by atoms with Crippen molar-refractivity contribution in [1.29, 1.82) is 0 Å². The molecule has 4 nitrogen and oxygen atoms in total. The second-order valence-corrected chi connectivity index (χ2v) is 7.20. The van der Waals surface area contributed by atoms with Crippen molar-refractivity contribution in [3.05, 3.63) is 59.1 Å². The SMILES string of the molecule is CC[C@@H](Oc1ccc(OC)cc1)C(=O)NCCSCc1ccc(Cl)cc1. The zero-order chi connectivity index (χ0) is 18.8. The van der Waals surface area contributed by atoms with Crippen LogP contribution in [-0.4, -0.2) is 31.4 Å². The lowest BCUT2D eigenvalue weighted by molar-refractivity contribution is -0.127. The van der Waals surface area contributed by atoms with Crippen molar-refractivity contribution in [1.82, 2.24) is 5.32 Å². The van der Waals surface area contributed by atoms with Gasteiger partial charge in [-0.05, 0) is 48.4 Å². The number of nitrogens with one attached hydrogen (secondary N) is 1. The summed E-state index contributed by atoms with van der Waals surface area (Å²) in [7, 11) is 1.61. The highest BCUT2D eigenvalue weighted by Gasteiger charge is 2.17. The molecule has 2 aromatic rings. The molecule has 2 aromatic carbocycles. The first-order chi connectivity index (χ1) is 12.6. The molecule has 0 heterocycles. The summed E-state index contributed by atoms with van der Waals surface area (Å²) < 4.78 is 10.9. The van der Waals surface area contributed by atoms with Gasteiger partial charge >= 0.3 is 0 Å². The molecule has 0 fully saturated rings. The van der Waals surface area contributed by atoms with Gasteiger partial charge in [-0.15, -0.1) is 0 Å². The zero-order valence-electron chi connectivity index (χ0n) is 15.0. The van der Waals surface area contributed by atoms with E-state index in [4.69, 9.17) is 21.1 Å². The lowest BCUT2D eigenvalue weighted by Crippen LogP contribution is -2.39. The van der Waals surface area contributed by atoms with E-state index in [2.05, 4.69) is 5.32 Å². The van der Waals surface area contributed by atoms with Crippen molar-refractivity contribution < 1.29 is 14.3 Å². The van der Waals surface area contributed by atoms with Crippen molar-refractivity contribution in [3.8, 4) is 11.5 Å². The van der Waals surface area contributed by atoms with Crippen LogP contribution in [0.5, 0.6) is 11.5 Å². The quantitative estimate of drug-likeness (QED) is 0.601. The van der Waals surface area contributed by atoms with Gasteiger partial charge in [-0.3, -0.25) is 4.79 Å². The average Bonchev–Trinajstić information content (AvgIpc) is 2.67. The predicted octanol–water partition coefficient (Wildman–Crippen LogP) is 4.56. The summed E-state index contributed by atoms with van der Waals surface area (Å²) in [6, 6.07) is 15.0. The zero-order valence-corrected chi connectivity index (χ0v) is 16.6. The summed E-state index contributed by atoms with van der Waals surface area (Å²) in [5.41, 5.74) is 1.22. The van der Waals surface area contributed by atoms with E-state index in [-0.39, 0.29) is 5.91 Å². The summed E-state index contributed by atoms with van der Waals surface area (Å²) in [6.45, 7) is 2.54. The normalized spacial score (nSPS) is 11.7. The van der Waals surface area contributed by atoms with E-state index in [1.807, 2.05) is 43.3 Å². The van der Waals surface area contributed by atoms with Gasteiger partial charge in [-0.25, -0.2) is 0 Å². The Kier molecular flexibility index (Phi) is 8.65. The Hall–Kier alpha value is -1.85. The molecule has 0 radical (unpaired) electrons. The number of amides is 1. The highest BCUT2D eigenvalue weighted by molar-refractivity contribution is 7.98. The summed E-state index contributed by atoms with van der Waals surface area (Å²) >= 11 is 7.64. The molecule has 1 amide bonds. The van der Waals surface area contributed by atoms with E-state index in [1.54, 1.807) is 31.0 Å².